The summed E-state index contributed by atoms with van der Waals surface area (Å²) in [6.07, 6.45) is 1.32. The van der Waals surface area contributed by atoms with Crippen molar-refractivity contribution < 1.29 is 39.7 Å². The van der Waals surface area contributed by atoms with E-state index in [0.29, 0.717) is 38.4 Å². The predicted octanol–water partition coefficient (Wildman–Crippen LogP) is 4.75. The molecule has 2 aliphatic rings. The number of nitrogens with zero attached hydrogens (tertiary/aromatic N) is 2. The SMILES string of the molecule is Cc1c(N2CC[C@@H]([C@H](C)NC(=O)OC(C)(C)C)C2)c(F)cc2c(OS(=O)(=O)C(F)(F)F)cc(=O)n(C3CC3)c12. The van der Waals surface area contributed by atoms with Crippen molar-refractivity contribution in [3.63, 3.8) is 0 Å². The van der Waals surface area contributed by atoms with Crippen molar-refractivity contribution in [2.45, 2.75) is 77.1 Å². The summed E-state index contributed by atoms with van der Waals surface area (Å²) in [4.78, 5) is 26.9. The molecule has 0 spiro atoms. The van der Waals surface area contributed by atoms with Crippen molar-refractivity contribution in [2.75, 3.05) is 18.0 Å². The van der Waals surface area contributed by atoms with E-state index >= 15 is 4.39 Å². The number of aryl methyl sites for hydroxylation is 1. The normalized spacial score (nSPS) is 19.3. The molecule has 1 saturated carbocycles. The third-order valence-electron chi connectivity index (χ3n) is 6.85. The van der Waals surface area contributed by atoms with E-state index < -0.39 is 44.4 Å². The summed E-state index contributed by atoms with van der Waals surface area (Å²) >= 11 is 0. The van der Waals surface area contributed by atoms with E-state index in [4.69, 9.17) is 4.74 Å². The first-order chi connectivity index (χ1) is 17.9. The fourth-order valence-corrected chi connectivity index (χ4v) is 5.42. The van der Waals surface area contributed by atoms with Crippen LogP contribution < -0.4 is 20.0 Å². The molecule has 2 aromatic rings. The monoisotopic (exact) mass is 577 g/mol. The second kappa shape index (κ2) is 9.86. The Balaban J connectivity index is 1.71. The van der Waals surface area contributed by atoms with Crippen molar-refractivity contribution >= 4 is 32.8 Å². The van der Waals surface area contributed by atoms with Crippen LogP contribution in [-0.2, 0) is 14.9 Å². The van der Waals surface area contributed by atoms with Gasteiger partial charge in [-0.1, -0.05) is 0 Å². The van der Waals surface area contributed by atoms with Crippen LogP contribution in [0.25, 0.3) is 10.9 Å². The summed E-state index contributed by atoms with van der Waals surface area (Å²) in [5.41, 5.74) is -6.59. The van der Waals surface area contributed by atoms with Crippen LogP contribution in [0.15, 0.2) is 16.9 Å². The van der Waals surface area contributed by atoms with Crippen LogP contribution in [-0.4, -0.2) is 49.3 Å². The number of amides is 1. The van der Waals surface area contributed by atoms with Crippen LogP contribution in [0.5, 0.6) is 5.75 Å². The first-order valence-corrected chi connectivity index (χ1v) is 13.9. The number of alkyl carbamates (subject to hydrolysis) is 1. The van der Waals surface area contributed by atoms with Gasteiger partial charge in [0.05, 0.1) is 11.2 Å². The van der Waals surface area contributed by atoms with E-state index in [-0.39, 0.29) is 40.2 Å². The van der Waals surface area contributed by atoms with Crippen molar-refractivity contribution in [2.24, 2.45) is 5.92 Å². The molecule has 1 amide bonds. The Kier molecular flexibility index (Phi) is 7.32. The zero-order chi connectivity index (χ0) is 29.1. The lowest BCUT2D eigenvalue weighted by Gasteiger charge is -2.27. The summed E-state index contributed by atoms with van der Waals surface area (Å²) in [6, 6.07) is 1.02. The highest BCUT2D eigenvalue weighted by Crippen LogP contribution is 2.43. The number of carbonyl (C=O) groups excluding carboxylic acids is 1. The highest BCUT2D eigenvalue weighted by Gasteiger charge is 2.49. The van der Waals surface area contributed by atoms with Gasteiger partial charge in [0.2, 0.25) is 0 Å². The molecule has 1 aliphatic carbocycles. The molecule has 0 unspecified atom stereocenters. The van der Waals surface area contributed by atoms with Gasteiger partial charge in [0.25, 0.3) is 5.56 Å². The minimum Gasteiger partial charge on any atom is -0.444 e. The molecule has 4 rings (SSSR count). The summed E-state index contributed by atoms with van der Waals surface area (Å²) in [7, 11) is -6.09. The van der Waals surface area contributed by atoms with Crippen molar-refractivity contribution in [1.29, 1.82) is 0 Å². The molecular weight excluding hydrogens is 546 g/mol. The van der Waals surface area contributed by atoms with Crippen molar-refractivity contribution in [3.8, 4) is 5.75 Å². The molecule has 14 heteroatoms. The zero-order valence-corrected chi connectivity index (χ0v) is 23.0. The van der Waals surface area contributed by atoms with Crippen LogP contribution >= 0.6 is 0 Å². The number of aromatic nitrogens is 1. The molecule has 1 N–H and O–H groups in total. The summed E-state index contributed by atoms with van der Waals surface area (Å²) in [5, 5.41) is 2.55. The topological polar surface area (TPSA) is 107 Å². The number of ether oxygens (including phenoxy) is 1. The van der Waals surface area contributed by atoms with E-state index in [9.17, 15) is 31.2 Å². The number of benzene rings is 1. The minimum atomic E-state index is -6.09. The zero-order valence-electron chi connectivity index (χ0n) is 22.2. The van der Waals surface area contributed by atoms with Gasteiger partial charge in [-0.25, -0.2) is 9.18 Å². The van der Waals surface area contributed by atoms with Crippen molar-refractivity contribution in [3.05, 3.63) is 33.9 Å². The molecule has 1 aromatic heterocycles. The number of anilines is 1. The Morgan fingerprint density at radius 2 is 1.79 bits per heavy atom. The molecule has 9 nitrogen and oxygen atoms in total. The molecule has 0 radical (unpaired) electrons. The number of nitrogens with one attached hydrogen (secondary N) is 1. The Morgan fingerprint density at radius 1 is 1.15 bits per heavy atom. The third-order valence-corrected chi connectivity index (χ3v) is 7.81. The number of pyridine rings is 1. The molecule has 39 heavy (non-hydrogen) atoms. The molecule has 216 valence electrons. The van der Waals surface area contributed by atoms with Gasteiger partial charge < -0.3 is 23.7 Å². The summed E-state index contributed by atoms with van der Waals surface area (Å²) < 4.78 is 89.0. The molecule has 1 aliphatic heterocycles. The Hall–Kier alpha value is -3.03. The minimum absolute atomic E-state index is 0.0655. The van der Waals surface area contributed by atoms with Gasteiger partial charge in [-0.05, 0) is 71.4 Å². The number of fused-ring (bicyclic) bond motifs is 1. The van der Waals surface area contributed by atoms with E-state index in [1.54, 1.807) is 25.7 Å². The Morgan fingerprint density at radius 3 is 2.36 bits per heavy atom. The second-order valence-electron chi connectivity index (χ2n) is 11.1. The number of halogens is 4. The van der Waals surface area contributed by atoms with Gasteiger partial charge in [0, 0.05) is 36.6 Å². The number of hydrogen-bond donors (Lipinski definition) is 1. The van der Waals surface area contributed by atoms with Crippen molar-refractivity contribution in [1.82, 2.24) is 9.88 Å². The molecule has 0 bridgehead atoms. The van der Waals surface area contributed by atoms with Crippen LogP contribution in [0.1, 0.15) is 58.6 Å². The fraction of sp³-hybridized carbons (Fsp3) is 0.600. The highest BCUT2D eigenvalue weighted by molar-refractivity contribution is 7.88. The lowest BCUT2D eigenvalue weighted by atomic mass is 10.0. The average molecular weight is 578 g/mol. The molecule has 1 saturated heterocycles. The van der Waals surface area contributed by atoms with Gasteiger partial charge in [-0.2, -0.15) is 21.6 Å². The number of rotatable bonds is 6. The Labute approximate surface area is 223 Å². The van der Waals surface area contributed by atoms with E-state index in [1.165, 1.54) is 11.5 Å². The lowest BCUT2D eigenvalue weighted by Crippen LogP contribution is -2.42. The first-order valence-electron chi connectivity index (χ1n) is 12.5. The van der Waals surface area contributed by atoms with Crippen LogP contribution in [0.3, 0.4) is 0 Å². The molecule has 1 aromatic carbocycles. The second-order valence-corrected chi connectivity index (χ2v) is 12.6. The third kappa shape index (κ3) is 5.94. The standard InChI is InChI=1S/C25H31F4N3O6S/c1-13-21-17(19(38-39(35,36)25(27,28)29)11-20(33)32(21)16-6-7-16)10-18(26)22(13)31-9-8-15(12-31)14(2)30-23(34)37-24(3,4)5/h10-11,14-16H,6-9,12H2,1-5H3,(H,30,34)/t14-,15+/m0/s1. The first kappa shape index (κ1) is 29.0. The van der Waals surface area contributed by atoms with E-state index in [0.717, 1.165) is 6.07 Å². The van der Waals surface area contributed by atoms with Gasteiger partial charge in [-0.3, -0.25) is 4.79 Å². The number of hydrogen-bond acceptors (Lipinski definition) is 7. The molecule has 2 heterocycles. The smallest absolute Gasteiger partial charge is 0.444 e. The maximum atomic E-state index is 15.6. The molecular formula is C25H31F4N3O6S. The van der Waals surface area contributed by atoms with E-state index in [1.807, 2.05) is 6.92 Å². The van der Waals surface area contributed by atoms with Crippen LogP contribution in [0.2, 0.25) is 0 Å². The quantitative estimate of drug-likeness (QED) is 0.300. The number of alkyl halides is 3. The highest BCUT2D eigenvalue weighted by atomic mass is 32.2. The van der Waals surface area contributed by atoms with E-state index in [2.05, 4.69) is 9.50 Å². The van der Waals surface area contributed by atoms with Gasteiger partial charge in [0.1, 0.15) is 11.4 Å². The summed E-state index contributed by atoms with van der Waals surface area (Å²) in [6.45, 7) is 9.36. The molecule has 2 fully saturated rings. The fourth-order valence-electron chi connectivity index (χ4n) is 4.95. The van der Waals surface area contributed by atoms with Crippen LogP contribution in [0.4, 0.5) is 28.0 Å². The molecule has 2 atom stereocenters. The average Bonchev–Trinajstić information content (AvgIpc) is 3.48. The lowest BCUT2D eigenvalue weighted by molar-refractivity contribution is -0.0499. The Bertz CT molecular complexity index is 1460. The number of carbonyl (C=O) groups is 1. The predicted molar refractivity (Wildman–Crippen MR) is 136 cm³/mol. The van der Waals surface area contributed by atoms with Gasteiger partial charge in [0.15, 0.2) is 5.75 Å². The van der Waals surface area contributed by atoms with Gasteiger partial charge >= 0.3 is 21.7 Å². The van der Waals surface area contributed by atoms with Gasteiger partial charge in [-0.15, -0.1) is 0 Å². The largest absolute Gasteiger partial charge is 0.534 e. The maximum Gasteiger partial charge on any atom is 0.534 e. The summed E-state index contributed by atoms with van der Waals surface area (Å²) in [5.74, 6) is -1.75. The van der Waals surface area contributed by atoms with Crippen LogP contribution in [0, 0.1) is 18.7 Å². The maximum absolute atomic E-state index is 15.6.